The van der Waals surface area contributed by atoms with Crippen LogP contribution in [0.4, 0.5) is 5.95 Å². The molecule has 0 saturated carbocycles. The number of anilines is 1. The number of hydrogen-bond donors (Lipinski definition) is 1. The minimum absolute atomic E-state index is 0.191. The molecule has 0 fully saturated rings. The third kappa shape index (κ3) is 2.55. The van der Waals surface area contributed by atoms with Crippen molar-refractivity contribution in [2.24, 2.45) is 0 Å². The van der Waals surface area contributed by atoms with Crippen molar-refractivity contribution in [2.75, 3.05) is 11.5 Å². The van der Waals surface area contributed by atoms with E-state index in [9.17, 15) is 8.42 Å². The molecular formula is C10H16N4O2S. The summed E-state index contributed by atoms with van der Waals surface area (Å²) in [4.78, 5) is 7.93. The minimum Gasteiger partial charge on any atom is -0.368 e. The summed E-state index contributed by atoms with van der Waals surface area (Å²) < 4.78 is 25.4. The number of nitrogen functional groups attached to an aromatic ring is 1. The molecule has 1 aromatic heterocycles. The first-order valence-corrected chi connectivity index (χ1v) is 7.22. The Kier molecular flexibility index (Phi) is 3.30. The zero-order chi connectivity index (χ0) is 12.5. The Bertz CT molecular complexity index is 515. The maximum Gasteiger partial charge on any atom is 0.220 e. The van der Waals surface area contributed by atoms with Gasteiger partial charge in [0.05, 0.1) is 18.0 Å². The lowest BCUT2D eigenvalue weighted by atomic mass is 10.3. The van der Waals surface area contributed by atoms with Crippen molar-refractivity contribution < 1.29 is 8.42 Å². The molecule has 7 heteroatoms. The van der Waals surface area contributed by atoms with E-state index >= 15 is 0 Å². The number of fused-ring (bicyclic) bond motifs is 1. The van der Waals surface area contributed by atoms with E-state index in [0.717, 1.165) is 17.7 Å². The van der Waals surface area contributed by atoms with Crippen LogP contribution in [0.15, 0.2) is 6.20 Å². The molecule has 1 aliphatic rings. The van der Waals surface area contributed by atoms with Crippen molar-refractivity contribution in [3.8, 4) is 0 Å². The zero-order valence-electron chi connectivity index (χ0n) is 9.76. The van der Waals surface area contributed by atoms with Crippen molar-refractivity contribution in [2.45, 2.75) is 32.9 Å². The van der Waals surface area contributed by atoms with E-state index < -0.39 is 10.0 Å². The number of nitrogens with two attached hydrogens (primary N) is 1. The van der Waals surface area contributed by atoms with Crippen LogP contribution in [0.25, 0.3) is 0 Å². The van der Waals surface area contributed by atoms with E-state index in [0.29, 0.717) is 19.5 Å². The molecule has 0 saturated heterocycles. The minimum atomic E-state index is -3.18. The number of rotatable bonds is 4. The molecule has 0 amide bonds. The van der Waals surface area contributed by atoms with Gasteiger partial charge in [0.15, 0.2) is 0 Å². The van der Waals surface area contributed by atoms with Crippen LogP contribution >= 0.6 is 0 Å². The quantitative estimate of drug-likeness (QED) is 0.847. The van der Waals surface area contributed by atoms with Crippen LogP contribution in [-0.2, 0) is 23.1 Å². The van der Waals surface area contributed by atoms with E-state index in [-0.39, 0.29) is 11.7 Å². The second-order valence-electron chi connectivity index (χ2n) is 4.14. The zero-order valence-corrected chi connectivity index (χ0v) is 10.6. The van der Waals surface area contributed by atoms with Crippen molar-refractivity contribution in [3.05, 3.63) is 17.5 Å². The largest absolute Gasteiger partial charge is 0.368 e. The summed E-state index contributed by atoms with van der Waals surface area (Å²) in [5.74, 6) is 0.386. The highest BCUT2D eigenvalue weighted by molar-refractivity contribution is 7.89. The fraction of sp³-hybridized carbons (Fsp3) is 0.600. The van der Waals surface area contributed by atoms with Gasteiger partial charge in [-0.15, -0.1) is 0 Å². The van der Waals surface area contributed by atoms with Crippen molar-refractivity contribution in [1.82, 2.24) is 14.3 Å². The molecule has 17 heavy (non-hydrogen) atoms. The van der Waals surface area contributed by atoms with Gasteiger partial charge in [-0.05, 0) is 6.42 Å². The van der Waals surface area contributed by atoms with Crippen LogP contribution in [0, 0.1) is 0 Å². The first kappa shape index (κ1) is 12.3. The summed E-state index contributed by atoms with van der Waals surface area (Å²) in [7, 11) is -3.18. The Labute approximate surface area is 101 Å². The molecule has 1 aromatic rings. The Morgan fingerprint density at radius 2 is 2.24 bits per heavy atom. The van der Waals surface area contributed by atoms with Gasteiger partial charge in [0.2, 0.25) is 16.0 Å². The highest BCUT2D eigenvalue weighted by atomic mass is 32.2. The molecule has 2 N–H and O–H groups in total. The standard InChI is InChI=1S/C10H16N4O2S/c1-2-3-4-17(15,16)14-6-8-5-12-10(11)13-9(8)7-14/h5H,2-4,6-7H2,1H3,(H2,11,12,13). The van der Waals surface area contributed by atoms with Crippen molar-refractivity contribution in [1.29, 1.82) is 0 Å². The Morgan fingerprint density at radius 1 is 1.47 bits per heavy atom. The predicted octanol–water partition coefficient (Wildman–Crippen LogP) is 0.504. The highest BCUT2D eigenvalue weighted by Gasteiger charge is 2.29. The van der Waals surface area contributed by atoms with Crippen LogP contribution in [0.5, 0.6) is 0 Å². The maximum absolute atomic E-state index is 12.0. The third-order valence-electron chi connectivity index (χ3n) is 2.79. The van der Waals surface area contributed by atoms with Gasteiger partial charge in [0.1, 0.15) is 0 Å². The van der Waals surface area contributed by atoms with Crippen LogP contribution in [0.1, 0.15) is 31.0 Å². The molecule has 2 heterocycles. The molecule has 2 rings (SSSR count). The van der Waals surface area contributed by atoms with Crippen molar-refractivity contribution >= 4 is 16.0 Å². The summed E-state index contributed by atoms with van der Waals surface area (Å²) in [6.07, 6.45) is 3.16. The first-order valence-electron chi connectivity index (χ1n) is 5.61. The Hall–Kier alpha value is -1.21. The van der Waals surface area contributed by atoms with Gasteiger partial charge in [-0.3, -0.25) is 0 Å². The highest BCUT2D eigenvalue weighted by Crippen LogP contribution is 2.24. The second-order valence-corrected chi connectivity index (χ2v) is 6.23. The molecule has 0 aromatic carbocycles. The summed E-state index contributed by atoms with van der Waals surface area (Å²) in [5.41, 5.74) is 7.04. The number of hydrogen-bond acceptors (Lipinski definition) is 5. The van der Waals surface area contributed by atoms with Crippen LogP contribution < -0.4 is 5.73 Å². The SMILES string of the molecule is CCCCS(=O)(=O)N1Cc2cnc(N)nc2C1. The number of nitrogens with zero attached hydrogens (tertiary/aromatic N) is 3. The Balaban J connectivity index is 2.14. The average molecular weight is 256 g/mol. The Morgan fingerprint density at radius 3 is 2.94 bits per heavy atom. The molecule has 94 valence electrons. The van der Waals surface area contributed by atoms with Crippen LogP contribution in [0.2, 0.25) is 0 Å². The summed E-state index contributed by atoms with van der Waals surface area (Å²) in [5, 5.41) is 0. The van der Waals surface area contributed by atoms with Crippen molar-refractivity contribution in [3.63, 3.8) is 0 Å². The van der Waals surface area contributed by atoms with Gasteiger partial charge in [0.25, 0.3) is 0 Å². The van der Waals surface area contributed by atoms with Gasteiger partial charge in [-0.1, -0.05) is 13.3 Å². The molecule has 0 aliphatic carbocycles. The number of unbranched alkanes of at least 4 members (excludes halogenated alkanes) is 1. The molecule has 0 bridgehead atoms. The smallest absolute Gasteiger partial charge is 0.220 e. The lowest BCUT2D eigenvalue weighted by Crippen LogP contribution is -2.28. The van der Waals surface area contributed by atoms with Gasteiger partial charge < -0.3 is 5.73 Å². The fourth-order valence-electron chi connectivity index (χ4n) is 1.79. The van der Waals surface area contributed by atoms with Crippen LogP contribution in [0.3, 0.4) is 0 Å². The van der Waals surface area contributed by atoms with E-state index in [2.05, 4.69) is 9.97 Å². The van der Waals surface area contributed by atoms with E-state index in [1.165, 1.54) is 4.31 Å². The molecule has 0 spiro atoms. The van der Waals surface area contributed by atoms with Gasteiger partial charge >= 0.3 is 0 Å². The number of aromatic nitrogens is 2. The lowest BCUT2D eigenvalue weighted by molar-refractivity contribution is 0.428. The molecule has 1 aliphatic heterocycles. The summed E-state index contributed by atoms with van der Waals surface area (Å²) in [6, 6.07) is 0. The maximum atomic E-state index is 12.0. The van der Waals surface area contributed by atoms with Gasteiger partial charge in [-0.2, -0.15) is 4.31 Å². The number of sulfonamides is 1. The fourth-order valence-corrected chi connectivity index (χ4v) is 3.36. The molecular weight excluding hydrogens is 240 g/mol. The predicted molar refractivity (Wildman–Crippen MR) is 64.4 cm³/mol. The monoisotopic (exact) mass is 256 g/mol. The van der Waals surface area contributed by atoms with Gasteiger partial charge in [-0.25, -0.2) is 18.4 Å². The summed E-state index contributed by atoms with van der Waals surface area (Å²) >= 11 is 0. The van der Waals surface area contributed by atoms with Gasteiger partial charge in [0, 0.05) is 18.3 Å². The normalized spacial score (nSPS) is 16.1. The molecule has 6 nitrogen and oxygen atoms in total. The average Bonchev–Trinajstić information content (AvgIpc) is 2.70. The van der Waals surface area contributed by atoms with E-state index in [1.54, 1.807) is 6.20 Å². The first-order chi connectivity index (χ1) is 8.03. The van der Waals surface area contributed by atoms with E-state index in [4.69, 9.17) is 5.73 Å². The lowest BCUT2D eigenvalue weighted by Gasteiger charge is -2.14. The second kappa shape index (κ2) is 4.58. The topological polar surface area (TPSA) is 89.2 Å². The van der Waals surface area contributed by atoms with E-state index in [1.807, 2.05) is 6.92 Å². The molecule has 0 radical (unpaired) electrons. The molecule has 0 atom stereocenters. The third-order valence-corrected chi connectivity index (χ3v) is 4.64. The van der Waals surface area contributed by atoms with Crippen LogP contribution in [-0.4, -0.2) is 28.4 Å². The molecule has 0 unspecified atom stereocenters. The summed E-state index contributed by atoms with van der Waals surface area (Å²) in [6.45, 7) is 2.65.